The molecule has 1 aliphatic rings. The van der Waals surface area contributed by atoms with Gasteiger partial charge in [-0.1, -0.05) is 128 Å². The molecule has 0 radical (unpaired) electrons. The Morgan fingerprint density at radius 2 is 1.45 bits per heavy atom. The minimum Gasteiger partial charge on any atom is -0.484 e. The number of β-lactam (4-membered cyclic amide) rings is 1. The third-order valence-electron chi connectivity index (χ3n) is 6.31. The Balaban J connectivity index is 1.54. The normalized spacial score (nSPS) is 17.3. The average molecular weight is 605 g/mol. The van der Waals surface area contributed by atoms with E-state index in [0.717, 1.165) is 11.1 Å². The van der Waals surface area contributed by atoms with Gasteiger partial charge in [0.15, 0.2) is 18.8 Å². The molecule has 7 nitrogen and oxygen atoms in total. The summed E-state index contributed by atoms with van der Waals surface area (Å²) in [6, 6.07) is 26.1. The number of para-hydroxylation sites is 1. The Bertz CT molecular complexity index is 1340. The van der Waals surface area contributed by atoms with Crippen molar-refractivity contribution in [1.82, 2.24) is 10.2 Å². The van der Waals surface area contributed by atoms with E-state index in [1.807, 2.05) is 78.9 Å². The van der Waals surface area contributed by atoms with Gasteiger partial charge in [-0.25, -0.2) is 4.79 Å². The van der Waals surface area contributed by atoms with Gasteiger partial charge in [0.2, 0.25) is 5.91 Å². The summed E-state index contributed by atoms with van der Waals surface area (Å²) in [6.07, 6.45) is -0.668. The van der Waals surface area contributed by atoms with Crippen LogP contribution in [0.1, 0.15) is 44.9 Å². The lowest BCUT2D eigenvalue weighted by molar-refractivity contribution is -0.165. The predicted octanol–water partition coefficient (Wildman–Crippen LogP) is 6.18. The van der Waals surface area contributed by atoms with Gasteiger partial charge >= 0.3 is 5.97 Å². The van der Waals surface area contributed by atoms with Crippen LogP contribution in [0.2, 0.25) is 0 Å². The van der Waals surface area contributed by atoms with E-state index in [-0.39, 0.29) is 17.3 Å². The Hall–Kier alpha value is -3.69. The van der Waals surface area contributed by atoms with Crippen molar-refractivity contribution in [3.05, 3.63) is 114 Å². The number of carbonyl (C=O) groups excluding carboxylic acids is 3. The van der Waals surface area contributed by atoms with Gasteiger partial charge < -0.3 is 19.7 Å². The molecule has 42 heavy (non-hydrogen) atoms. The van der Waals surface area contributed by atoms with Crippen LogP contribution in [0.15, 0.2) is 103 Å². The van der Waals surface area contributed by atoms with Gasteiger partial charge in [0, 0.05) is 4.75 Å². The summed E-state index contributed by atoms with van der Waals surface area (Å²) >= 11 is 0. The molecule has 3 aromatic rings. The summed E-state index contributed by atoms with van der Waals surface area (Å²) in [5, 5.41) is 2.28. The van der Waals surface area contributed by atoms with Gasteiger partial charge in [-0.15, -0.1) is 0 Å². The lowest BCUT2D eigenvalue weighted by Crippen LogP contribution is -2.73. The second-order valence-electron chi connectivity index (χ2n) is 11.0. The van der Waals surface area contributed by atoms with Gasteiger partial charge in [0.25, 0.3) is 5.91 Å². The summed E-state index contributed by atoms with van der Waals surface area (Å²) < 4.78 is 11.6. The summed E-state index contributed by atoms with van der Waals surface area (Å²) in [5.41, 5.74) is 2.09. The number of carbonyl (C=O) groups is 3. The molecule has 0 saturated carbocycles. The van der Waals surface area contributed by atoms with E-state index in [1.165, 1.54) is 15.7 Å². The Kier molecular flexibility index (Phi) is 10.4. The number of hydrogen-bond acceptors (Lipinski definition) is 7. The van der Waals surface area contributed by atoms with Crippen LogP contribution in [0.3, 0.4) is 0 Å². The molecule has 1 heterocycles. The molecule has 4 rings (SSSR count). The third kappa shape index (κ3) is 7.98. The average Bonchev–Trinajstić information content (AvgIpc) is 2.98. The lowest BCUT2D eigenvalue weighted by Gasteiger charge is -2.49. The van der Waals surface area contributed by atoms with Crippen molar-refractivity contribution in [3.8, 4) is 5.75 Å². The first-order chi connectivity index (χ1) is 20.0. The van der Waals surface area contributed by atoms with Crippen LogP contribution in [0.25, 0.3) is 0 Å². The molecular formula is C33H36N2O5S2. The van der Waals surface area contributed by atoms with Gasteiger partial charge in [-0.2, -0.15) is 0 Å². The zero-order valence-corrected chi connectivity index (χ0v) is 25.8. The Labute approximate surface area is 255 Å². The van der Waals surface area contributed by atoms with E-state index >= 15 is 0 Å². The molecule has 1 N–H and O–H groups in total. The molecule has 9 heteroatoms. The van der Waals surface area contributed by atoms with Crippen LogP contribution in [0.5, 0.6) is 5.75 Å². The van der Waals surface area contributed by atoms with Crippen LogP contribution < -0.4 is 10.1 Å². The summed E-state index contributed by atoms with van der Waals surface area (Å²) in [6.45, 7) is 11.7. The van der Waals surface area contributed by atoms with Gasteiger partial charge in [-0.05, 0) is 35.8 Å². The topological polar surface area (TPSA) is 84.9 Å². The number of nitrogens with zero attached hydrogens (tertiary/aromatic N) is 1. The first kappa shape index (κ1) is 31.3. The highest BCUT2D eigenvalue weighted by Gasteiger charge is 2.54. The van der Waals surface area contributed by atoms with Crippen LogP contribution in [0, 0.1) is 0 Å². The second-order valence-corrected chi connectivity index (χ2v) is 14.1. The van der Waals surface area contributed by atoms with Crippen LogP contribution in [0.4, 0.5) is 0 Å². The standard InChI is InChI=1S/C33H36N2O5S2/c1-22(2)28(32(38)40-29(23-15-9-6-10-16-23)24-17-11-7-12-18-24)35-30(37)27(31(35)41-42-33(3,4)5)34-26(36)21-39-25-19-13-8-14-20-25/h6-20,27-29,31H,1,21H2,2-5H3,(H,34,36)/t27-,28+,31-/m1/s1. The third-order valence-corrected chi connectivity index (χ3v) is 9.99. The fraction of sp³-hybridized carbons (Fsp3) is 0.303. The molecule has 3 atom stereocenters. The zero-order valence-electron chi connectivity index (χ0n) is 24.2. The van der Waals surface area contributed by atoms with Gasteiger partial charge in [0.1, 0.15) is 17.2 Å². The summed E-state index contributed by atoms with van der Waals surface area (Å²) in [7, 11) is 3.01. The minimum absolute atomic E-state index is 0.134. The molecule has 1 aliphatic heterocycles. The first-order valence-electron chi connectivity index (χ1n) is 13.6. The number of hydrogen-bond donors (Lipinski definition) is 1. The maximum atomic E-state index is 13.9. The molecule has 0 aliphatic carbocycles. The van der Waals surface area contributed by atoms with Gasteiger partial charge in [-0.3, -0.25) is 9.59 Å². The van der Waals surface area contributed by atoms with Crippen LogP contribution in [-0.2, 0) is 19.1 Å². The molecule has 220 valence electrons. The van der Waals surface area contributed by atoms with E-state index < -0.39 is 35.4 Å². The number of esters is 1. The molecule has 1 fully saturated rings. The molecule has 0 unspecified atom stereocenters. The van der Waals surface area contributed by atoms with E-state index in [0.29, 0.717) is 11.3 Å². The fourth-order valence-electron chi connectivity index (χ4n) is 4.39. The fourth-order valence-corrected chi connectivity index (χ4v) is 7.16. The number of rotatable bonds is 12. The maximum absolute atomic E-state index is 13.9. The monoisotopic (exact) mass is 604 g/mol. The largest absolute Gasteiger partial charge is 0.484 e. The Morgan fingerprint density at radius 3 is 1.95 bits per heavy atom. The molecule has 3 aromatic carbocycles. The highest BCUT2D eigenvalue weighted by atomic mass is 33.1. The zero-order chi connectivity index (χ0) is 30.3. The maximum Gasteiger partial charge on any atom is 0.334 e. The number of benzene rings is 3. The lowest BCUT2D eigenvalue weighted by atomic mass is 9.98. The molecule has 1 saturated heterocycles. The van der Waals surface area contributed by atoms with Crippen molar-refractivity contribution >= 4 is 39.4 Å². The molecule has 0 spiro atoms. The van der Waals surface area contributed by atoms with Crippen molar-refractivity contribution < 1.29 is 23.9 Å². The van der Waals surface area contributed by atoms with Crippen LogP contribution in [-0.4, -0.2) is 51.5 Å². The summed E-state index contributed by atoms with van der Waals surface area (Å²) in [5.74, 6) is -0.834. The van der Waals surface area contributed by atoms with E-state index in [2.05, 4.69) is 32.7 Å². The van der Waals surface area contributed by atoms with Crippen molar-refractivity contribution in [3.63, 3.8) is 0 Å². The number of likely N-dealkylation sites (tertiary alicyclic amines) is 1. The number of amides is 2. The number of nitrogens with one attached hydrogen (secondary N) is 1. The minimum atomic E-state index is -1.03. The van der Waals surface area contributed by atoms with Gasteiger partial charge in [0.05, 0.1) is 0 Å². The molecule has 2 amide bonds. The van der Waals surface area contributed by atoms with Crippen molar-refractivity contribution in [2.24, 2.45) is 0 Å². The predicted molar refractivity (Wildman–Crippen MR) is 169 cm³/mol. The SMILES string of the molecule is C=C(C)[C@@H](C(=O)OC(c1ccccc1)c1ccccc1)N1C(=O)[C@@H](NC(=O)COc2ccccc2)[C@H]1SSC(C)(C)C. The second kappa shape index (κ2) is 14.0. The van der Waals surface area contributed by atoms with E-state index in [4.69, 9.17) is 9.47 Å². The Morgan fingerprint density at radius 1 is 0.929 bits per heavy atom. The highest BCUT2D eigenvalue weighted by molar-refractivity contribution is 8.77. The quantitative estimate of drug-likeness (QED) is 0.114. The van der Waals surface area contributed by atoms with Crippen molar-refractivity contribution in [1.29, 1.82) is 0 Å². The first-order valence-corrected chi connectivity index (χ1v) is 15.9. The van der Waals surface area contributed by atoms with Crippen LogP contribution >= 0.6 is 21.6 Å². The number of ether oxygens (including phenoxy) is 2. The highest BCUT2D eigenvalue weighted by Crippen LogP contribution is 2.45. The van der Waals surface area contributed by atoms with Crippen molar-refractivity contribution in [2.45, 2.75) is 56.0 Å². The smallest absolute Gasteiger partial charge is 0.334 e. The molecule has 0 aromatic heterocycles. The van der Waals surface area contributed by atoms with E-state index in [9.17, 15) is 14.4 Å². The molecular weight excluding hydrogens is 569 g/mol. The molecule has 0 bridgehead atoms. The van der Waals surface area contributed by atoms with E-state index in [1.54, 1.807) is 29.9 Å². The summed E-state index contributed by atoms with van der Waals surface area (Å²) in [4.78, 5) is 41.7. The van der Waals surface area contributed by atoms with Crippen molar-refractivity contribution in [2.75, 3.05) is 6.61 Å².